The molecule has 1 saturated carbocycles. The summed E-state index contributed by atoms with van der Waals surface area (Å²) in [4.78, 5) is 27.4. The quantitative estimate of drug-likeness (QED) is 0.560. The van der Waals surface area contributed by atoms with Gasteiger partial charge in [0.2, 0.25) is 5.92 Å². The Kier molecular flexibility index (Phi) is 6.87. The molecule has 0 unspecified atom stereocenters. The van der Waals surface area contributed by atoms with Crippen molar-refractivity contribution in [2.75, 3.05) is 43.4 Å². The average molecular weight is 426 g/mol. The molecule has 8 heteroatoms. The zero-order valence-electron chi connectivity index (χ0n) is 18.3. The fourth-order valence-electron chi connectivity index (χ4n) is 3.70. The number of anilines is 2. The first-order valence-corrected chi connectivity index (χ1v) is 10.6. The van der Waals surface area contributed by atoms with E-state index in [9.17, 15) is 13.6 Å². The van der Waals surface area contributed by atoms with Gasteiger partial charge in [0.25, 0.3) is 0 Å². The summed E-state index contributed by atoms with van der Waals surface area (Å²) in [6, 6.07) is 5.44. The molecular weight excluding hydrogens is 392 g/mol. The Morgan fingerprint density at radius 3 is 2.37 bits per heavy atom. The maximum absolute atomic E-state index is 13.5. The molecule has 30 heavy (non-hydrogen) atoms. The molecule has 1 heterocycles. The van der Waals surface area contributed by atoms with Crippen LogP contribution in [0.1, 0.15) is 56.8 Å². The lowest BCUT2D eigenvalue weighted by Gasteiger charge is -2.35. The predicted octanol–water partition coefficient (Wildman–Crippen LogP) is 4.32. The molecule has 0 aromatic heterocycles. The van der Waals surface area contributed by atoms with Crippen LogP contribution < -0.4 is 10.2 Å². The normalized spacial score (nSPS) is 20.8. The number of piperazine rings is 1. The van der Waals surface area contributed by atoms with Crippen LogP contribution in [0.5, 0.6) is 0 Å². The standard InChI is InChI=1S/C22H33F2N3O3/c1-21(2,3)30-29-20(28)18-6-5-17(27-13-11-26(4)12-14-27)15-19(18)25-16-7-9-22(23,24)10-8-16/h5-6,15-16,25H,7-14H2,1-4H3. The summed E-state index contributed by atoms with van der Waals surface area (Å²) in [5.74, 6) is -3.19. The van der Waals surface area contributed by atoms with Crippen molar-refractivity contribution in [1.82, 2.24) is 4.90 Å². The van der Waals surface area contributed by atoms with Gasteiger partial charge in [0.15, 0.2) is 0 Å². The number of likely N-dealkylation sites (N-methyl/N-ethyl adjacent to an activating group) is 1. The van der Waals surface area contributed by atoms with Gasteiger partial charge >= 0.3 is 5.97 Å². The first kappa shape index (κ1) is 22.7. The van der Waals surface area contributed by atoms with Crippen LogP contribution in [0.4, 0.5) is 20.2 Å². The molecule has 168 valence electrons. The molecule has 0 radical (unpaired) electrons. The van der Waals surface area contributed by atoms with Gasteiger partial charge in [-0.15, -0.1) is 0 Å². The summed E-state index contributed by atoms with van der Waals surface area (Å²) in [5, 5.41) is 3.33. The van der Waals surface area contributed by atoms with Crippen LogP contribution in [0.3, 0.4) is 0 Å². The van der Waals surface area contributed by atoms with Crippen molar-refractivity contribution in [3.05, 3.63) is 23.8 Å². The minimum atomic E-state index is -2.60. The zero-order chi connectivity index (χ0) is 21.9. The third-order valence-electron chi connectivity index (χ3n) is 5.54. The van der Waals surface area contributed by atoms with Crippen molar-refractivity contribution in [3.8, 4) is 0 Å². The Morgan fingerprint density at radius 1 is 1.13 bits per heavy atom. The monoisotopic (exact) mass is 425 g/mol. The Bertz CT molecular complexity index is 734. The van der Waals surface area contributed by atoms with Gasteiger partial charge in [-0.1, -0.05) is 0 Å². The van der Waals surface area contributed by atoms with Gasteiger partial charge in [-0.2, -0.15) is 4.89 Å². The minimum Gasteiger partial charge on any atom is -0.382 e. The molecule has 0 spiro atoms. The number of rotatable bonds is 5. The van der Waals surface area contributed by atoms with Gasteiger partial charge in [-0.25, -0.2) is 13.6 Å². The van der Waals surface area contributed by atoms with Crippen LogP contribution in [0, 0.1) is 0 Å². The maximum atomic E-state index is 13.5. The van der Waals surface area contributed by atoms with E-state index in [1.165, 1.54) is 0 Å². The zero-order valence-corrected chi connectivity index (χ0v) is 18.3. The highest BCUT2D eigenvalue weighted by molar-refractivity contribution is 5.96. The molecule has 2 aliphatic rings. The highest BCUT2D eigenvalue weighted by atomic mass is 19.3. The lowest BCUT2D eigenvalue weighted by atomic mass is 9.92. The molecule has 2 fully saturated rings. The third kappa shape index (κ3) is 6.28. The number of alkyl halides is 2. The number of nitrogens with zero attached hydrogens (tertiary/aromatic N) is 2. The largest absolute Gasteiger partial charge is 0.382 e. The summed E-state index contributed by atoms with van der Waals surface area (Å²) in [7, 11) is 2.09. The summed E-state index contributed by atoms with van der Waals surface area (Å²) >= 11 is 0. The Balaban J connectivity index is 1.79. The van der Waals surface area contributed by atoms with Crippen LogP contribution in [-0.4, -0.2) is 61.7 Å². The predicted molar refractivity (Wildman–Crippen MR) is 113 cm³/mol. The lowest BCUT2D eigenvalue weighted by molar-refractivity contribution is -0.301. The van der Waals surface area contributed by atoms with E-state index in [1.54, 1.807) is 26.8 Å². The second kappa shape index (κ2) is 9.06. The van der Waals surface area contributed by atoms with Crippen molar-refractivity contribution in [2.45, 2.75) is 64.0 Å². The van der Waals surface area contributed by atoms with Gasteiger partial charge in [0, 0.05) is 50.7 Å². The van der Waals surface area contributed by atoms with Crippen molar-refractivity contribution in [2.24, 2.45) is 0 Å². The van der Waals surface area contributed by atoms with Crippen LogP contribution in [-0.2, 0) is 9.78 Å². The molecule has 0 atom stereocenters. The highest BCUT2D eigenvalue weighted by Crippen LogP contribution is 2.35. The third-order valence-corrected chi connectivity index (χ3v) is 5.54. The van der Waals surface area contributed by atoms with Crippen molar-refractivity contribution in [1.29, 1.82) is 0 Å². The van der Waals surface area contributed by atoms with E-state index < -0.39 is 17.5 Å². The number of carbonyl (C=O) groups excluding carboxylic acids is 1. The molecule has 0 bridgehead atoms. The van der Waals surface area contributed by atoms with E-state index in [0.717, 1.165) is 31.9 Å². The van der Waals surface area contributed by atoms with E-state index in [2.05, 4.69) is 22.2 Å². The highest BCUT2D eigenvalue weighted by Gasteiger charge is 2.35. The lowest BCUT2D eigenvalue weighted by Crippen LogP contribution is -2.44. The van der Waals surface area contributed by atoms with Gasteiger partial charge in [0.1, 0.15) is 5.60 Å². The van der Waals surface area contributed by atoms with E-state index in [1.807, 2.05) is 12.1 Å². The molecule has 0 amide bonds. The van der Waals surface area contributed by atoms with Crippen LogP contribution >= 0.6 is 0 Å². The Morgan fingerprint density at radius 2 is 1.77 bits per heavy atom. The van der Waals surface area contributed by atoms with E-state index in [0.29, 0.717) is 24.1 Å². The Labute approximate surface area is 177 Å². The smallest absolute Gasteiger partial charge is 0.375 e. The first-order valence-electron chi connectivity index (χ1n) is 10.6. The number of nitrogens with one attached hydrogen (secondary N) is 1. The van der Waals surface area contributed by atoms with Crippen molar-refractivity contribution < 1.29 is 23.4 Å². The average Bonchev–Trinajstić information content (AvgIpc) is 2.68. The summed E-state index contributed by atoms with van der Waals surface area (Å²) < 4.78 is 27.1. The fraction of sp³-hybridized carbons (Fsp3) is 0.682. The first-order chi connectivity index (χ1) is 14.0. The van der Waals surface area contributed by atoms with Gasteiger partial charge in [-0.3, -0.25) is 4.89 Å². The topological polar surface area (TPSA) is 54.0 Å². The summed E-state index contributed by atoms with van der Waals surface area (Å²) in [5.41, 5.74) is 1.32. The molecule has 1 N–H and O–H groups in total. The van der Waals surface area contributed by atoms with Gasteiger partial charge < -0.3 is 15.1 Å². The second-order valence-corrected chi connectivity index (χ2v) is 9.36. The fourth-order valence-corrected chi connectivity index (χ4v) is 3.70. The molecule has 1 aliphatic carbocycles. The molecule has 6 nitrogen and oxygen atoms in total. The van der Waals surface area contributed by atoms with Gasteiger partial charge in [-0.05, 0) is 58.9 Å². The van der Waals surface area contributed by atoms with Crippen molar-refractivity contribution >= 4 is 17.3 Å². The SMILES string of the molecule is CN1CCN(c2ccc(C(=O)OOC(C)(C)C)c(NC3CCC(F)(F)CC3)c2)CC1. The van der Waals surface area contributed by atoms with Gasteiger partial charge in [0.05, 0.1) is 11.3 Å². The van der Waals surface area contributed by atoms with Crippen molar-refractivity contribution in [3.63, 3.8) is 0 Å². The van der Waals surface area contributed by atoms with E-state index in [4.69, 9.17) is 9.78 Å². The summed E-state index contributed by atoms with van der Waals surface area (Å²) in [6.45, 7) is 9.08. The molecule has 1 aliphatic heterocycles. The molecular formula is C22H33F2N3O3. The number of carbonyl (C=O) groups is 1. The number of benzene rings is 1. The Hall–Kier alpha value is -1.93. The second-order valence-electron chi connectivity index (χ2n) is 9.36. The van der Waals surface area contributed by atoms with E-state index in [-0.39, 0.29) is 18.9 Å². The van der Waals surface area contributed by atoms with Crippen LogP contribution in [0.25, 0.3) is 0 Å². The molecule has 3 rings (SSSR count). The number of hydrogen-bond donors (Lipinski definition) is 1. The molecule has 1 aromatic carbocycles. The number of halogens is 2. The minimum absolute atomic E-state index is 0.109. The maximum Gasteiger partial charge on any atom is 0.375 e. The van der Waals surface area contributed by atoms with Crippen LogP contribution in [0.2, 0.25) is 0 Å². The number of hydrogen-bond acceptors (Lipinski definition) is 6. The van der Waals surface area contributed by atoms with Crippen LogP contribution in [0.15, 0.2) is 18.2 Å². The molecule has 1 aromatic rings. The molecule has 1 saturated heterocycles. The van der Waals surface area contributed by atoms with E-state index >= 15 is 0 Å². The summed E-state index contributed by atoms with van der Waals surface area (Å²) in [6.07, 6.45) is 0.433.